The van der Waals surface area contributed by atoms with E-state index in [1.807, 2.05) is 24.1 Å². The molecule has 0 bridgehead atoms. The Bertz CT molecular complexity index is 309. The molecular weight excluding hydrogens is 202 g/mol. The average Bonchev–Trinajstić information content (AvgIpc) is 2.62. The van der Waals surface area contributed by atoms with E-state index < -0.39 is 0 Å². The van der Waals surface area contributed by atoms with Gasteiger partial charge < -0.3 is 10.5 Å². The second kappa shape index (κ2) is 6.01. The van der Waals surface area contributed by atoms with Crippen LogP contribution in [0.4, 0.5) is 0 Å². The molecule has 1 aromatic heterocycles. The van der Waals surface area contributed by atoms with Crippen molar-refractivity contribution < 1.29 is 4.74 Å². The summed E-state index contributed by atoms with van der Waals surface area (Å²) in [6.45, 7) is 4.27. The van der Waals surface area contributed by atoms with E-state index in [-0.39, 0.29) is 12.1 Å². The SMILES string of the molecule is COC(C(C)C)C(N)CCc1cnn(C)c1. The van der Waals surface area contributed by atoms with E-state index in [9.17, 15) is 0 Å². The molecule has 0 amide bonds. The van der Waals surface area contributed by atoms with Crippen LogP contribution in [0.1, 0.15) is 25.8 Å². The van der Waals surface area contributed by atoms with Gasteiger partial charge in [-0.05, 0) is 24.3 Å². The molecule has 2 atom stereocenters. The largest absolute Gasteiger partial charge is 0.380 e. The molecule has 0 saturated carbocycles. The highest BCUT2D eigenvalue weighted by atomic mass is 16.5. The van der Waals surface area contributed by atoms with E-state index in [4.69, 9.17) is 10.5 Å². The molecule has 1 aromatic rings. The van der Waals surface area contributed by atoms with Gasteiger partial charge in [-0.3, -0.25) is 4.68 Å². The number of methoxy groups -OCH3 is 1. The molecule has 4 nitrogen and oxygen atoms in total. The molecule has 1 heterocycles. The Labute approximate surface area is 97.8 Å². The van der Waals surface area contributed by atoms with E-state index in [0.29, 0.717) is 5.92 Å². The topological polar surface area (TPSA) is 53.1 Å². The highest BCUT2D eigenvalue weighted by Gasteiger charge is 2.20. The first-order chi connectivity index (χ1) is 7.54. The third kappa shape index (κ3) is 3.61. The van der Waals surface area contributed by atoms with Gasteiger partial charge in [0.15, 0.2) is 0 Å². The summed E-state index contributed by atoms with van der Waals surface area (Å²) in [5.74, 6) is 0.453. The Morgan fingerprint density at radius 2 is 2.19 bits per heavy atom. The molecule has 0 saturated heterocycles. The number of aromatic nitrogens is 2. The predicted molar refractivity (Wildman–Crippen MR) is 65.1 cm³/mol. The molecule has 4 heteroatoms. The summed E-state index contributed by atoms with van der Waals surface area (Å²) in [6, 6.07) is 0.0882. The van der Waals surface area contributed by atoms with Crippen LogP contribution >= 0.6 is 0 Å². The molecule has 0 aliphatic carbocycles. The molecule has 0 aliphatic heterocycles. The Morgan fingerprint density at radius 1 is 1.50 bits per heavy atom. The highest BCUT2D eigenvalue weighted by molar-refractivity contribution is 5.04. The zero-order valence-electron chi connectivity index (χ0n) is 10.7. The Hall–Kier alpha value is -0.870. The Kier molecular flexibility index (Phi) is 4.96. The first-order valence-corrected chi connectivity index (χ1v) is 5.80. The van der Waals surface area contributed by atoms with Crippen molar-refractivity contribution in [2.45, 2.75) is 38.8 Å². The lowest BCUT2D eigenvalue weighted by atomic mass is 9.95. The van der Waals surface area contributed by atoms with Crippen molar-refractivity contribution in [2.24, 2.45) is 18.7 Å². The maximum atomic E-state index is 6.13. The number of hydrogen-bond donors (Lipinski definition) is 1. The minimum atomic E-state index is 0.0882. The maximum Gasteiger partial charge on any atom is 0.0745 e. The Balaban J connectivity index is 2.42. The van der Waals surface area contributed by atoms with Crippen LogP contribution in [0.2, 0.25) is 0 Å². The molecule has 1 rings (SSSR count). The molecule has 2 N–H and O–H groups in total. The Morgan fingerprint density at radius 3 is 2.62 bits per heavy atom. The predicted octanol–water partition coefficient (Wildman–Crippen LogP) is 1.35. The fraction of sp³-hybridized carbons (Fsp3) is 0.750. The number of nitrogens with two attached hydrogens (primary N) is 1. The number of aryl methyl sites for hydroxylation is 2. The highest BCUT2D eigenvalue weighted by Crippen LogP contribution is 2.13. The second-order valence-corrected chi connectivity index (χ2v) is 4.67. The molecule has 92 valence electrons. The van der Waals surface area contributed by atoms with E-state index in [1.54, 1.807) is 7.11 Å². The summed E-state index contributed by atoms with van der Waals surface area (Å²) < 4.78 is 7.24. The number of ether oxygens (including phenoxy) is 1. The van der Waals surface area contributed by atoms with Crippen LogP contribution < -0.4 is 5.73 Å². The van der Waals surface area contributed by atoms with Gasteiger partial charge in [-0.2, -0.15) is 5.10 Å². The molecule has 0 radical (unpaired) electrons. The molecular formula is C12H23N3O. The number of hydrogen-bond acceptors (Lipinski definition) is 3. The zero-order chi connectivity index (χ0) is 12.1. The van der Waals surface area contributed by atoms with Gasteiger partial charge in [-0.15, -0.1) is 0 Å². The lowest BCUT2D eigenvalue weighted by Crippen LogP contribution is -2.40. The van der Waals surface area contributed by atoms with Crippen molar-refractivity contribution in [1.82, 2.24) is 9.78 Å². The summed E-state index contributed by atoms with van der Waals surface area (Å²) in [7, 11) is 3.66. The van der Waals surface area contributed by atoms with Crippen molar-refractivity contribution in [1.29, 1.82) is 0 Å². The third-order valence-electron chi connectivity index (χ3n) is 2.88. The minimum Gasteiger partial charge on any atom is -0.380 e. The molecule has 0 fully saturated rings. The average molecular weight is 225 g/mol. The van der Waals surface area contributed by atoms with E-state index in [0.717, 1.165) is 12.8 Å². The van der Waals surface area contributed by atoms with Crippen LogP contribution in [-0.2, 0) is 18.2 Å². The van der Waals surface area contributed by atoms with E-state index in [2.05, 4.69) is 18.9 Å². The van der Waals surface area contributed by atoms with Crippen molar-refractivity contribution >= 4 is 0 Å². The van der Waals surface area contributed by atoms with E-state index >= 15 is 0 Å². The summed E-state index contributed by atoms with van der Waals surface area (Å²) in [4.78, 5) is 0. The normalized spacial score (nSPS) is 15.4. The fourth-order valence-corrected chi connectivity index (χ4v) is 2.04. The van der Waals surface area contributed by atoms with E-state index in [1.165, 1.54) is 5.56 Å². The number of nitrogens with zero attached hydrogens (tertiary/aromatic N) is 2. The third-order valence-corrected chi connectivity index (χ3v) is 2.88. The number of rotatable bonds is 6. The van der Waals surface area contributed by atoms with Crippen LogP contribution in [0.25, 0.3) is 0 Å². The molecule has 2 unspecified atom stereocenters. The maximum absolute atomic E-state index is 6.13. The quantitative estimate of drug-likeness (QED) is 0.795. The fourth-order valence-electron chi connectivity index (χ4n) is 2.04. The summed E-state index contributed by atoms with van der Waals surface area (Å²) in [5.41, 5.74) is 7.36. The van der Waals surface area contributed by atoms with Crippen molar-refractivity contribution in [3.63, 3.8) is 0 Å². The van der Waals surface area contributed by atoms with Gasteiger partial charge >= 0.3 is 0 Å². The van der Waals surface area contributed by atoms with Gasteiger partial charge in [0.25, 0.3) is 0 Å². The summed E-state index contributed by atoms with van der Waals surface area (Å²) in [5, 5.41) is 4.14. The molecule has 16 heavy (non-hydrogen) atoms. The van der Waals surface area contributed by atoms with Gasteiger partial charge in [-0.1, -0.05) is 13.8 Å². The smallest absolute Gasteiger partial charge is 0.0745 e. The van der Waals surface area contributed by atoms with Gasteiger partial charge in [0.05, 0.1) is 12.3 Å². The van der Waals surface area contributed by atoms with Crippen molar-refractivity contribution in [3.8, 4) is 0 Å². The van der Waals surface area contributed by atoms with Crippen LogP contribution in [0.15, 0.2) is 12.4 Å². The zero-order valence-corrected chi connectivity index (χ0v) is 10.7. The van der Waals surface area contributed by atoms with Gasteiger partial charge in [0.1, 0.15) is 0 Å². The monoisotopic (exact) mass is 225 g/mol. The molecule has 0 aliphatic rings. The minimum absolute atomic E-state index is 0.0882. The van der Waals surface area contributed by atoms with Crippen molar-refractivity contribution in [2.75, 3.05) is 7.11 Å². The van der Waals surface area contributed by atoms with Crippen LogP contribution in [0, 0.1) is 5.92 Å². The van der Waals surface area contributed by atoms with Gasteiger partial charge in [0.2, 0.25) is 0 Å². The first kappa shape index (κ1) is 13.2. The van der Waals surface area contributed by atoms with Crippen LogP contribution in [0.3, 0.4) is 0 Å². The van der Waals surface area contributed by atoms with Crippen LogP contribution in [-0.4, -0.2) is 29.0 Å². The lowest BCUT2D eigenvalue weighted by Gasteiger charge is -2.25. The second-order valence-electron chi connectivity index (χ2n) is 4.67. The summed E-state index contributed by atoms with van der Waals surface area (Å²) in [6.07, 6.45) is 5.95. The first-order valence-electron chi connectivity index (χ1n) is 5.80. The van der Waals surface area contributed by atoms with Crippen molar-refractivity contribution in [3.05, 3.63) is 18.0 Å². The molecule has 0 aromatic carbocycles. The lowest BCUT2D eigenvalue weighted by molar-refractivity contribution is 0.0419. The van der Waals surface area contributed by atoms with Gasteiger partial charge in [0, 0.05) is 26.4 Å². The standard InChI is InChI=1S/C12H23N3O/c1-9(2)12(16-4)11(13)6-5-10-7-14-15(3)8-10/h7-9,11-12H,5-6,13H2,1-4H3. The van der Waals surface area contributed by atoms with Gasteiger partial charge in [-0.25, -0.2) is 0 Å². The van der Waals surface area contributed by atoms with Crippen LogP contribution in [0.5, 0.6) is 0 Å². The molecule has 0 spiro atoms. The summed E-state index contributed by atoms with van der Waals surface area (Å²) >= 11 is 0.